The molecule has 0 fully saturated rings. The van der Waals surface area contributed by atoms with Gasteiger partial charge in [0.1, 0.15) is 22.7 Å². The van der Waals surface area contributed by atoms with Crippen LogP contribution in [0.2, 0.25) is 0 Å². The zero-order chi connectivity index (χ0) is 22.4. The molecule has 0 radical (unpaired) electrons. The fraction of sp³-hybridized carbons (Fsp3) is 0.0800. The minimum atomic E-state index is -0.418. The van der Waals surface area contributed by atoms with Crippen molar-refractivity contribution in [3.05, 3.63) is 89.2 Å². The molecule has 3 N–H and O–H groups in total. The Morgan fingerprint density at radius 1 is 0.938 bits per heavy atom. The Bertz CT molecular complexity index is 1520. The van der Waals surface area contributed by atoms with E-state index in [0.717, 1.165) is 11.1 Å². The largest absolute Gasteiger partial charge is 0.384 e. The number of aryl methyl sites for hydroxylation is 2. The predicted octanol–water partition coefficient (Wildman–Crippen LogP) is 5.16. The molecule has 32 heavy (non-hydrogen) atoms. The van der Waals surface area contributed by atoms with Gasteiger partial charge >= 0.3 is 0 Å². The van der Waals surface area contributed by atoms with E-state index in [4.69, 9.17) is 10.7 Å². The molecule has 158 valence electrons. The van der Waals surface area contributed by atoms with Gasteiger partial charge in [0.05, 0.1) is 16.7 Å². The lowest BCUT2D eigenvalue weighted by Gasteiger charge is -2.09. The standard InChI is InChI=1S/C25H20FN5O/c1-14-10-11-17(12-15(14)2)28-25(32)21-22-24(30-20-9-4-3-8-19(20)29-22)31(23(21)27)18-7-5-6-16(26)13-18/h3-13H,27H2,1-2H3,(H,28,32). The molecule has 0 atom stereocenters. The van der Waals surface area contributed by atoms with Gasteiger partial charge in [-0.25, -0.2) is 14.4 Å². The van der Waals surface area contributed by atoms with Crippen LogP contribution in [-0.2, 0) is 0 Å². The van der Waals surface area contributed by atoms with Gasteiger partial charge in [-0.1, -0.05) is 24.3 Å². The molecule has 0 aliphatic heterocycles. The summed E-state index contributed by atoms with van der Waals surface area (Å²) >= 11 is 0. The summed E-state index contributed by atoms with van der Waals surface area (Å²) in [5.41, 5.74) is 12.0. The van der Waals surface area contributed by atoms with Crippen LogP contribution in [0.4, 0.5) is 15.9 Å². The molecule has 0 saturated carbocycles. The Morgan fingerprint density at radius 3 is 2.41 bits per heavy atom. The summed E-state index contributed by atoms with van der Waals surface area (Å²) in [4.78, 5) is 22.7. The number of carbonyl (C=O) groups excluding carboxylic acids is 1. The van der Waals surface area contributed by atoms with Crippen LogP contribution < -0.4 is 11.1 Å². The lowest BCUT2D eigenvalue weighted by atomic mass is 10.1. The summed E-state index contributed by atoms with van der Waals surface area (Å²) in [5, 5.41) is 2.91. The molecule has 7 heteroatoms. The number of para-hydroxylation sites is 2. The molecule has 5 rings (SSSR count). The van der Waals surface area contributed by atoms with Gasteiger partial charge in [0, 0.05) is 5.69 Å². The van der Waals surface area contributed by atoms with Gasteiger partial charge in [0.25, 0.3) is 5.91 Å². The van der Waals surface area contributed by atoms with Gasteiger partial charge < -0.3 is 11.1 Å². The number of anilines is 2. The third kappa shape index (κ3) is 3.24. The molecule has 0 aliphatic rings. The van der Waals surface area contributed by atoms with Crippen LogP contribution in [0.25, 0.3) is 27.9 Å². The highest BCUT2D eigenvalue weighted by Gasteiger charge is 2.25. The fourth-order valence-electron chi connectivity index (χ4n) is 3.77. The van der Waals surface area contributed by atoms with Gasteiger partial charge in [-0.3, -0.25) is 9.36 Å². The van der Waals surface area contributed by atoms with Crippen molar-refractivity contribution in [3.8, 4) is 5.69 Å². The molecule has 6 nitrogen and oxygen atoms in total. The zero-order valence-corrected chi connectivity index (χ0v) is 17.6. The normalized spacial score (nSPS) is 11.2. The summed E-state index contributed by atoms with van der Waals surface area (Å²) in [6.07, 6.45) is 0. The van der Waals surface area contributed by atoms with E-state index in [1.807, 2.05) is 56.3 Å². The van der Waals surface area contributed by atoms with E-state index in [1.165, 1.54) is 12.1 Å². The van der Waals surface area contributed by atoms with Crippen molar-refractivity contribution >= 4 is 39.6 Å². The van der Waals surface area contributed by atoms with E-state index in [2.05, 4.69) is 10.3 Å². The van der Waals surface area contributed by atoms with Gasteiger partial charge in [-0.2, -0.15) is 0 Å². The number of amides is 1. The SMILES string of the molecule is Cc1ccc(NC(=O)c2c(N)n(-c3cccc(F)c3)c3nc4ccccc4nc23)cc1C. The number of nitrogens with zero attached hydrogens (tertiary/aromatic N) is 3. The predicted molar refractivity (Wildman–Crippen MR) is 125 cm³/mol. The highest BCUT2D eigenvalue weighted by molar-refractivity contribution is 6.16. The summed E-state index contributed by atoms with van der Waals surface area (Å²) in [6.45, 7) is 3.99. The van der Waals surface area contributed by atoms with E-state index in [1.54, 1.807) is 16.7 Å². The first kappa shape index (κ1) is 19.7. The molecule has 3 aromatic carbocycles. The number of fused-ring (bicyclic) bond motifs is 2. The smallest absolute Gasteiger partial charge is 0.261 e. The molecule has 0 bridgehead atoms. The Balaban J connectivity index is 1.74. The third-order valence-corrected chi connectivity index (χ3v) is 5.56. The number of nitrogens with one attached hydrogen (secondary N) is 1. The second kappa shape index (κ2) is 7.46. The lowest BCUT2D eigenvalue weighted by Crippen LogP contribution is -2.14. The quantitative estimate of drug-likeness (QED) is 0.418. The summed E-state index contributed by atoms with van der Waals surface area (Å²) in [5.74, 6) is -0.684. The maximum absolute atomic E-state index is 14.0. The number of rotatable bonds is 3. The molecule has 2 aromatic heterocycles. The Hall–Kier alpha value is -4.26. The van der Waals surface area contributed by atoms with Crippen molar-refractivity contribution < 1.29 is 9.18 Å². The third-order valence-electron chi connectivity index (χ3n) is 5.56. The first-order chi connectivity index (χ1) is 15.4. The van der Waals surface area contributed by atoms with Crippen molar-refractivity contribution in [2.75, 3.05) is 11.1 Å². The van der Waals surface area contributed by atoms with Gasteiger partial charge in [0.2, 0.25) is 0 Å². The number of nitrogens with two attached hydrogens (primary N) is 1. The summed E-state index contributed by atoms with van der Waals surface area (Å²) in [7, 11) is 0. The van der Waals surface area contributed by atoms with E-state index in [0.29, 0.717) is 33.6 Å². The van der Waals surface area contributed by atoms with E-state index in [-0.39, 0.29) is 11.4 Å². The van der Waals surface area contributed by atoms with Crippen LogP contribution in [0.3, 0.4) is 0 Å². The highest BCUT2D eigenvalue weighted by Crippen LogP contribution is 2.32. The number of nitrogen functional groups attached to an aromatic ring is 1. The van der Waals surface area contributed by atoms with Gasteiger partial charge in [-0.15, -0.1) is 0 Å². The Kier molecular flexibility index (Phi) is 4.59. The van der Waals surface area contributed by atoms with Gasteiger partial charge in [-0.05, 0) is 67.4 Å². The molecule has 0 unspecified atom stereocenters. The van der Waals surface area contributed by atoms with Crippen LogP contribution in [0.1, 0.15) is 21.5 Å². The van der Waals surface area contributed by atoms with E-state index in [9.17, 15) is 9.18 Å². The second-order valence-electron chi connectivity index (χ2n) is 7.71. The van der Waals surface area contributed by atoms with Crippen LogP contribution >= 0.6 is 0 Å². The van der Waals surface area contributed by atoms with E-state index < -0.39 is 11.7 Å². The van der Waals surface area contributed by atoms with Crippen LogP contribution in [0.15, 0.2) is 66.7 Å². The summed E-state index contributed by atoms with van der Waals surface area (Å²) < 4.78 is 15.6. The lowest BCUT2D eigenvalue weighted by molar-refractivity contribution is 0.102. The highest BCUT2D eigenvalue weighted by atomic mass is 19.1. The number of halogens is 1. The van der Waals surface area contributed by atoms with Crippen molar-refractivity contribution in [1.29, 1.82) is 0 Å². The Labute approximate surface area is 183 Å². The molecule has 0 aliphatic carbocycles. The van der Waals surface area contributed by atoms with Crippen molar-refractivity contribution in [1.82, 2.24) is 14.5 Å². The van der Waals surface area contributed by atoms with Crippen LogP contribution in [-0.4, -0.2) is 20.4 Å². The molecule has 0 spiro atoms. The van der Waals surface area contributed by atoms with Crippen LogP contribution in [0.5, 0.6) is 0 Å². The average Bonchev–Trinajstić information content (AvgIpc) is 3.05. The second-order valence-corrected chi connectivity index (χ2v) is 7.71. The molecule has 5 aromatic rings. The molecule has 2 heterocycles. The number of benzene rings is 3. The monoisotopic (exact) mass is 425 g/mol. The number of aromatic nitrogens is 3. The minimum absolute atomic E-state index is 0.141. The fourth-order valence-corrected chi connectivity index (χ4v) is 3.77. The van der Waals surface area contributed by atoms with Crippen molar-refractivity contribution in [3.63, 3.8) is 0 Å². The van der Waals surface area contributed by atoms with Crippen LogP contribution in [0, 0.1) is 19.7 Å². The average molecular weight is 425 g/mol. The number of hydrogen-bond acceptors (Lipinski definition) is 4. The number of carbonyl (C=O) groups is 1. The topological polar surface area (TPSA) is 85.8 Å². The van der Waals surface area contributed by atoms with Crippen molar-refractivity contribution in [2.45, 2.75) is 13.8 Å². The minimum Gasteiger partial charge on any atom is -0.384 e. The summed E-state index contributed by atoms with van der Waals surface area (Å²) in [6, 6.07) is 19.0. The first-order valence-electron chi connectivity index (χ1n) is 10.1. The molecule has 1 amide bonds. The molecular formula is C25H20FN5O. The zero-order valence-electron chi connectivity index (χ0n) is 17.6. The maximum atomic E-state index is 14.0. The number of hydrogen-bond donors (Lipinski definition) is 2. The Morgan fingerprint density at radius 2 is 1.69 bits per heavy atom. The first-order valence-corrected chi connectivity index (χ1v) is 10.1. The van der Waals surface area contributed by atoms with Crippen molar-refractivity contribution in [2.24, 2.45) is 0 Å². The van der Waals surface area contributed by atoms with Gasteiger partial charge in [0.15, 0.2) is 5.65 Å². The molecule has 0 saturated heterocycles. The maximum Gasteiger partial charge on any atom is 0.261 e. The molecular weight excluding hydrogens is 405 g/mol. The van der Waals surface area contributed by atoms with E-state index >= 15 is 0 Å².